The second-order valence-electron chi connectivity index (χ2n) is 4.68. The number of halogens is 1. The lowest BCUT2D eigenvalue weighted by Crippen LogP contribution is -2.13. The number of carbonyl (C=O) groups is 1. The summed E-state index contributed by atoms with van der Waals surface area (Å²) in [6.45, 7) is 0. The van der Waals surface area contributed by atoms with Crippen molar-refractivity contribution in [3.8, 4) is 16.5 Å². The number of carbonyl (C=O) groups excluding carboxylic acids is 1. The van der Waals surface area contributed by atoms with Crippen LogP contribution in [-0.4, -0.2) is 10.9 Å². The molecule has 0 bridgehead atoms. The molecule has 1 N–H and O–H groups in total. The molecule has 0 fully saturated rings. The number of hydrogen-bond donors (Lipinski definition) is 1. The summed E-state index contributed by atoms with van der Waals surface area (Å²) in [6.07, 6.45) is 2.99. The van der Waals surface area contributed by atoms with Crippen molar-refractivity contribution in [3.05, 3.63) is 64.2 Å². The predicted molar refractivity (Wildman–Crippen MR) is 94.0 cm³/mol. The molecule has 0 aliphatic rings. The van der Waals surface area contributed by atoms with Gasteiger partial charge in [-0.05, 0) is 35.2 Å². The first kappa shape index (κ1) is 16.1. The zero-order valence-electron chi connectivity index (χ0n) is 12.2. The molecule has 0 atom stereocenters. The van der Waals surface area contributed by atoms with E-state index in [1.165, 1.54) is 40.9 Å². The van der Waals surface area contributed by atoms with E-state index in [1.807, 2.05) is 23.6 Å². The summed E-state index contributed by atoms with van der Waals surface area (Å²) in [5, 5.41) is 15.8. The van der Waals surface area contributed by atoms with Crippen LogP contribution in [0.4, 0.5) is 9.52 Å². The van der Waals surface area contributed by atoms with Crippen molar-refractivity contribution in [1.82, 2.24) is 4.98 Å². The van der Waals surface area contributed by atoms with Crippen LogP contribution >= 0.6 is 22.7 Å². The molecule has 3 aromatic rings. The molecule has 3 rings (SSSR count). The number of rotatable bonds is 4. The van der Waals surface area contributed by atoms with Crippen LogP contribution in [0.1, 0.15) is 5.56 Å². The molecule has 0 saturated carbocycles. The van der Waals surface area contributed by atoms with E-state index in [4.69, 9.17) is 0 Å². The van der Waals surface area contributed by atoms with Crippen LogP contribution in [0.5, 0.6) is 0 Å². The molecule has 118 valence electrons. The van der Waals surface area contributed by atoms with E-state index in [0.717, 1.165) is 4.88 Å². The third-order valence-corrected chi connectivity index (χ3v) is 4.70. The van der Waals surface area contributed by atoms with Gasteiger partial charge in [-0.25, -0.2) is 9.37 Å². The number of anilines is 1. The average molecular weight is 355 g/mol. The summed E-state index contributed by atoms with van der Waals surface area (Å²) in [7, 11) is 0. The first-order valence-corrected chi connectivity index (χ1v) is 8.59. The van der Waals surface area contributed by atoms with Crippen molar-refractivity contribution in [2.75, 3.05) is 5.32 Å². The SMILES string of the molecule is N#CC(=Cc1ccc(F)c(-c2cccs2)c1)C(=O)Nc1nccs1. The maximum absolute atomic E-state index is 14.0. The number of nitrogens with one attached hydrogen (secondary N) is 1. The van der Waals surface area contributed by atoms with Gasteiger partial charge in [0.15, 0.2) is 5.13 Å². The van der Waals surface area contributed by atoms with Gasteiger partial charge in [-0.1, -0.05) is 12.1 Å². The third-order valence-electron chi connectivity index (χ3n) is 3.11. The number of thiazole rings is 1. The number of hydrogen-bond acceptors (Lipinski definition) is 5. The van der Waals surface area contributed by atoms with E-state index < -0.39 is 5.91 Å². The summed E-state index contributed by atoms with van der Waals surface area (Å²) >= 11 is 2.68. The highest BCUT2D eigenvalue weighted by atomic mass is 32.1. The van der Waals surface area contributed by atoms with Crippen LogP contribution in [0.2, 0.25) is 0 Å². The standard InChI is InChI=1S/C17H10FN3OS2/c18-14-4-3-11(9-13(14)15-2-1-6-23-15)8-12(10-19)16(22)21-17-20-5-7-24-17/h1-9H,(H,20,21,22). The maximum atomic E-state index is 14.0. The molecule has 2 heterocycles. The van der Waals surface area contributed by atoms with Gasteiger partial charge in [0.2, 0.25) is 0 Å². The molecule has 4 nitrogen and oxygen atoms in total. The summed E-state index contributed by atoms with van der Waals surface area (Å²) < 4.78 is 14.0. The van der Waals surface area contributed by atoms with Gasteiger partial charge in [0, 0.05) is 22.0 Å². The van der Waals surface area contributed by atoms with E-state index in [1.54, 1.807) is 17.6 Å². The molecule has 1 aromatic carbocycles. The van der Waals surface area contributed by atoms with Crippen LogP contribution in [0.3, 0.4) is 0 Å². The Morgan fingerprint density at radius 1 is 1.29 bits per heavy atom. The van der Waals surface area contributed by atoms with Crippen molar-refractivity contribution in [2.45, 2.75) is 0 Å². The Kier molecular flexibility index (Phi) is 4.79. The minimum absolute atomic E-state index is 0.0751. The average Bonchev–Trinajstić information content (AvgIpc) is 3.27. The van der Waals surface area contributed by atoms with Crippen LogP contribution in [0, 0.1) is 17.1 Å². The first-order chi connectivity index (χ1) is 11.7. The highest BCUT2D eigenvalue weighted by molar-refractivity contribution is 7.14. The fraction of sp³-hybridized carbons (Fsp3) is 0. The zero-order valence-corrected chi connectivity index (χ0v) is 13.8. The third kappa shape index (κ3) is 3.56. The van der Waals surface area contributed by atoms with Gasteiger partial charge < -0.3 is 0 Å². The molecule has 0 radical (unpaired) electrons. The Morgan fingerprint density at radius 3 is 2.83 bits per heavy atom. The number of aromatic nitrogens is 1. The Labute approximate surface area is 145 Å². The lowest BCUT2D eigenvalue weighted by Gasteiger charge is -2.04. The number of amides is 1. The van der Waals surface area contributed by atoms with E-state index in [2.05, 4.69) is 10.3 Å². The summed E-state index contributed by atoms with van der Waals surface area (Å²) in [6, 6.07) is 10.00. The molecular formula is C17H10FN3OS2. The Balaban J connectivity index is 1.90. The van der Waals surface area contributed by atoms with E-state index >= 15 is 0 Å². The van der Waals surface area contributed by atoms with Crippen LogP contribution in [-0.2, 0) is 4.79 Å². The quantitative estimate of drug-likeness (QED) is 0.551. The summed E-state index contributed by atoms with van der Waals surface area (Å²) in [5.41, 5.74) is 0.941. The van der Waals surface area contributed by atoms with Gasteiger partial charge in [-0.2, -0.15) is 5.26 Å². The summed E-state index contributed by atoms with van der Waals surface area (Å²) in [5.74, 6) is -0.894. The molecule has 24 heavy (non-hydrogen) atoms. The van der Waals surface area contributed by atoms with Crippen molar-refractivity contribution >= 4 is 39.8 Å². The Hall–Kier alpha value is -2.82. The second-order valence-corrected chi connectivity index (χ2v) is 6.52. The van der Waals surface area contributed by atoms with Gasteiger partial charge in [0.05, 0.1) is 0 Å². The van der Waals surface area contributed by atoms with E-state index in [-0.39, 0.29) is 11.4 Å². The minimum Gasteiger partial charge on any atom is -0.297 e. The first-order valence-electron chi connectivity index (χ1n) is 6.83. The smallest absolute Gasteiger partial charge is 0.268 e. The van der Waals surface area contributed by atoms with Crippen molar-refractivity contribution in [2.24, 2.45) is 0 Å². The van der Waals surface area contributed by atoms with Crippen LogP contribution in [0.15, 0.2) is 52.9 Å². The largest absolute Gasteiger partial charge is 0.297 e. The molecule has 0 unspecified atom stereocenters. The fourth-order valence-electron chi connectivity index (χ4n) is 2.02. The van der Waals surface area contributed by atoms with Gasteiger partial charge in [-0.3, -0.25) is 10.1 Å². The molecule has 1 amide bonds. The lowest BCUT2D eigenvalue weighted by atomic mass is 10.1. The monoisotopic (exact) mass is 355 g/mol. The van der Waals surface area contributed by atoms with E-state index in [0.29, 0.717) is 16.3 Å². The lowest BCUT2D eigenvalue weighted by molar-refractivity contribution is -0.112. The number of thiophene rings is 1. The maximum Gasteiger partial charge on any atom is 0.268 e. The van der Waals surface area contributed by atoms with Crippen molar-refractivity contribution in [3.63, 3.8) is 0 Å². The Morgan fingerprint density at radius 2 is 2.17 bits per heavy atom. The highest BCUT2D eigenvalue weighted by Gasteiger charge is 2.12. The number of nitrogens with zero attached hydrogens (tertiary/aromatic N) is 2. The number of nitriles is 1. The molecule has 0 aliphatic carbocycles. The molecule has 7 heteroatoms. The highest BCUT2D eigenvalue weighted by Crippen LogP contribution is 2.28. The van der Waals surface area contributed by atoms with Gasteiger partial charge in [0.25, 0.3) is 5.91 Å². The van der Waals surface area contributed by atoms with Crippen molar-refractivity contribution < 1.29 is 9.18 Å². The molecule has 0 aliphatic heterocycles. The van der Waals surface area contributed by atoms with Gasteiger partial charge in [-0.15, -0.1) is 22.7 Å². The fourth-order valence-corrected chi connectivity index (χ4v) is 3.29. The molecule has 0 spiro atoms. The number of benzene rings is 1. The molecule has 2 aromatic heterocycles. The van der Waals surface area contributed by atoms with Crippen LogP contribution in [0.25, 0.3) is 16.5 Å². The van der Waals surface area contributed by atoms with E-state index in [9.17, 15) is 14.4 Å². The van der Waals surface area contributed by atoms with Crippen LogP contribution < -0.4 is 5.32 Å². The predicted octanol–water partition coefficient (Wildman–Crippen LogP) is 4.56. The Bertz CT molecular complexity index is 925. The molecular weight excluding hydrogens is 345 g/mol. The zero-order chi connectivity index (χ0) is 16.9. The second kappa shape index (κ2) is 7.17. The van der Waals surface area contributed by atoms with Crippen molar-refractivity contribution in [1.29, 1.82) is 5.26 Å². The normalized spacial score (nSPS) is 11.1. The van der Waals surface area contributed by atoms with Gasteiger partial charge in [0.1, 0.15) is 17.5 Å². The summed E-state index contributed by atoms with van der Waals surface area (Å²) in [4.78, 5) is 16.8. The minimum atomic E-state index is -0.547. The topological polar surface area (TPSA) is 65.8 Å². The van der Waals surface area contributed by atoms with Gasteiger partial charge >= 0.3 is 0 Å². The molecule has 0 saturated heterocycles.